The summed E-state index contributed by atoms with van der Waals surface area (Å²) in [5.41, 5.74) is 4.58. The highest BCUT2D eigenvalue weighted by molar-refractivity contribution is 6.31. The maximum Gasteiger partial charge on any atom is 0.282 e. The minimum Gasteiger partial charge on any atom is -0.488 e. The van der Waals surface area contributed by atoms with Crippen LogP contribution in [0.1, 0.15) is 11.1 Å². The molecule has 29 heavy (non-hydrogen) atoms. The molecular formula is C23H17FN2O3. The number of nitrogens with one attached hydrogen (secondary N) is 1. The maximum absolute atomic E-state index is 13.0. The van der Waals surface area contributed by atoms with Crippen molar-refractivity contribution in [3.8, 4) is 5.75 Å². The second kappa shape index (κ2) is 7.98. The Hall–Kier alpha value is -3.93. The summed E-state index contributed by atoms with van der Waals surface area (Å²) < 4.78 is 18.9. The Morgan fingerprint density at radius 3 is 2.34 bits per heavy atom. The van der Waals surface area contributed by atoms with Gasteiger partial charge in [-0.05, 0) is 42.0 Å². The summed E-state index contributed by atoms with van der Waals surface area (Å²) in [5, 5.41) is 1.22. The highest BCUT2D eigenvalue weighted by atomic mass is 19.1. The molecule has 1 fully saturated rings. The lowest BCUT2D eigenvalue weighted by Crippen LogP contribution is -2.35. The first kappa shape index (κ1) is 18.4. The molecule has 0 atom stereocenters. The number of ether oxygens (including phenoxy) is 1. The molecule has 5 nitrogen and oxygen atoms in total. The molecule has 4 rings (SSSR count). The molecule has 1 aliphatic heterocycles. The van der Waals surface area contributed by atoms with E-state index in [-0.39, 0.29) is 18.0 Å². The van der Waals surface area contributed by atoms with Gasteiger partial charge in [0.2, 0.25) is 0 Å². The zero-order chi connectivity index (χ0) is 20.2. The number of benzene rings is 3. The van der Waals surface area contributed by atoms with E-state index in [0.29, 0.717) is 17.0 Å². The van der Waals surface area contributed by atoms with Gasteiger partial charge >= 0.3 is 0 Å². The van der Waals surface area contributed by atoms with E-state index in [9.17, 15) is 14.0 Å². The first-order valence-corrected chi connectivity index (χ1v) is 9.00. The molecule has 3 aromatic carbocycles. The zero-order valence-corrected chi connectivity index (χ0v) is 15.3. The predicted octanol–water partition coefficient (Wildman–Crippen LogP) is 3.87. The van der Waals surface area contributed by atoms with Crippen LogP contribution in [0.15, 0.2) is 84.4 Å². The topological polar surface area (TPSA) is 58.6 Å². The molecule has 0 aromatic heterocycles. The number of halogens is 1. The van der Waals surface area contributed by atoms with Crippen LogP contribution in [-0.2, 0) is 16.2 Å². The van der Waals surface area contributed by atoms with Crippen LogP contribution in [0, 0.1) is 5.82 Å². The molecule has 0 spiro atoms. The van der Waals surface area contributed by atoms with Gasteiger partial charge in [-0.1, -0.05) is 48.5 Å². The Morgan fingerprint density at radius 2 is 1.59 bits per heavy atom. The van der Waals surface area contributed by atoms with Crippen molar-refractivity contribution in [1.82, 2.24) is 5.43 Å². The van der Waals surface area contributed by atoms with Crippen LogP contribution in [0.3, 0.4) is 0 Å². The van der Waals surface area contributed by atoms with Gasteiger partial charge in [0.25, 0.3) is 11.8 Å². The third kappa shape index (κ3) is 4.01. The molecule has 3 aromatic rings. The van der Waals surface area contributed by atoms with Crippen molar-refractivity contribution in [2.45, 2.75) is 6.61 Å². The van der Waals surface area contributed by atoms with Crippen molar-refractivity contribution in [2.24, 2.45) is 0 Å². The number of carbonyl (C=O) groups excluding carboxylic acids is 2. The lowest BCUT2D eigenvalue weighted by molar-refractivity contribution is -0.117. The van der Waals surface area contributed by atoms with Gasteiger partial charge < -0.3 is 4.74 Å². The molecule has 0 aliphatic carbocycles. The normalized spacial score (nSPS) is 14.9. The van der Waals surface area contributed by atoms with Gasteiger partial charge in [0.1, 0.15) is 23.7 Å². The summed E-state index contributed by atoms with van der Waals surface area (Å²) in [5.74, 6) is -0.711. The van der Waals surface area contributed by atoms with Gasteiger partial charge in [-0.15, -0.1) is 0 Å². The highest BCUT2D eigenvalue weighted by Gasteiger charge is 2.34. The van der Waals surface area contributed by atoms with Gasteiger partial charge in [0.05, 0.1) is 5.69 Å². The molecule has 0 unspecified atom stereocenters. The molecule has 0 bridgehead atoms. The zero-order valence-electron chi connectivity index (χ0n) is 15.3. The fourth-order valence-corrected chi connectivity index (χ4v) is 2.94. The maximum atomic E-state index is 13.0. The number of carbonyl (C=O) groups is 2. The monoisotopic (exact) mass is 388 g/mol. The van der Waals surface area contributed by atoms with E-state index in [2.05, 4.69) is 5.43 Å². The van der Waals surface area contributed by atoms with Gasteiger partial charge in [0, 0.05) is 5.56 Å². The molecule has 1 aliphatic rings. The van der Waals surface area contributed by atoms with Gasteiger partial charge in [-0.3, -0.25) is 15.0 Å². The van der Waals surface area contributed by atoms with E-state index >= 15 is 0 Å². The highest BCUT2D eigenvalue weighted by Crippen LogP contribution is 2.26. The van der Waals surface area contributed by atoms with E-state index in [1.165, 1.54) is 23.2 Å². The number of rotatable bonds is 5. The van der Waals surface area contributed by atoms with E-state index in [4.69, 9.17) is 4.74 Å². The van der Waals surface area contributed by atoms with Crippen LogP contribution in [0.5, 0.6) is 5.75 Å². The first-order valence-electron chi connectivity index (χ1n) is 9.00. The van der Waals surface area contributed by atoms with Crippen LogP contribution in [0.4, 0.5) is 10.1 Å². The molecule has 1 saturated heterocycles. The van der Waals surface area contributed by atoms with Crippen molar-refractivity contribution in [3.05, 3.63) is 101 Å². The van der Waals surface area contributed by atoms with Crippen LogP contribution in [0.2, 0.25) is 0 Å². The Morgan fingerprint density at radius 1 is 0.897 bits per heavy atom. The number of hydrazine groups is 1. The molecule has 6 heteroatoms. The van der Waals surface area contributed by atoms with Crippen LogP contribution in [-0.4, -0.2) is 11.8 Å². The lowest BCUT2D eigenvalue weighted by Gasteiger charge is -2.14. The summed E-state index contributed by atoms with van der Waals surface area (Å²) in [6.45, 7) is 0.233. The van der Waals surface area contributed by atoms with Crippen LogP contribution < -0.4 is 15.2 Å². The smallest absolute Gasteiger partial charge is 0.282 e. The van der Waals surface area contributed by atoms with Crippen molar-refractivity contribution in [1.29, 1.82) is 0 Å². The van der Waals surface area contributed by atoms with Gasteiger partial charge in [0.15, 0.2) is 0 Å². The largest absolute Gasteiger partial charge is 0.488 e. The lowest BCUT2D eigenvalue weighted by atomic mass is 10.1. The second-order valence-corrected chi connectivity index (χ2v) is 6.43. The van der Waals surface area contributed by atoms with Crippen molar-refractivity contribution in [2.75, 3.05) is 5.01 Å². The third-order valence-electron chi connectivity index (χ3n) is 4.43. The number of hydrogen-bond donors (Lipinski definition) is 1. The average Bonchev–Trinajstić information content (AvgIpc) is 3.03. The molecule has 2 amide bonds. The third-order valence-corrected chi connectivity index (χ3v) is 4.43. The quantitative estimate of drug-likeness (QED) is 0.533. The number of hydrogen-bond acceptors (Lipinski definition) is 3. The molecular weight excluding hydrogens is 371 g/mol. The minimum absolute atomic E-state index is 0.0201. The van der Waals surface area contributed by atoms with Crippen LogP contribution in [0.25, 0.3) is 6.08 Å². The Balaban J connectivity index is 1.57. The number of para-hydroxylation sites is 2. The molecule has 144 valence electrons. The Kier molecular flexibility index (Phi) is 5.07. The van der Waals surface area contributed by atoms with Crippen molar-refractivity contribution < 1.29 is 18.7 Å². The first-order chi connectivity index (χ1) is 14.1. The standard InChI is InChI=1S/C23H17FN2O3/c24-18-12-10-16(11-13-18)15-29-21-9-5-4-6-17(21)14-20-22(27)25-26(23(20)28)19-7-2-1-3-8-19/h1-14H,15H2,(H,25,27)/b20-14+. The number of nitrogens with zero attached hydrogens (tertiary/aromatic N) is 1. The van der Waals surface area contributed by atoms with E-state index in [1.807, 2.05) is 6.07 Å². The molecule has 1 N–H and O–H groups in total. The SMILES string of the molecule is O=C1NN(c2ccccc2)C(=O)/C1=C/c1ccccc1OCc1ccc(F)cc1. The summed E-state index contributed by atoms with van der Waals surface area (Å²) >= 11 is 0. The Bertz CT molecular complexity index is 1080. The fraction of sp³-hybridized carbons (Fsp3) is 0.0435. The van der Waals surface area contributed by atoms with E-state index < -0.39 is 11.8 Å². The van der Waals surface area contributed by atoms with E-state index in [0.717, 1.165) is 5.56 Å². The summed E-state index contributed by atoms with van der Waals surface area (Å²) in [7, 11) is 0. The van der Waals surface area contributed by atoms with E-state index in [1.54, 1.807) is 60.7 Å². The summed E-state index contributed by atoms with van der Waals surface area (Å²) in [4.78, 5) is 25.1. The van der Waals surface area contributed by atoms with Gasteiger partial charge in [-0.2, -0.15) is 0 Å². The predicted molar refractivity (Wildman–Crippen MR) is 107 cm³/mol. The Labute approximate surface area is 167 Å². The summed E-state index contributed by atoms with van der Waals surface area (Å²) in [6, 6.07) is 22.0. The van der Waals surface area contributed by atoms with Crippen LogP contribution >= 0.6 is 0 Å². The number of anilines is 1. The minimum atomic E-state index is -0.479. The van der Waals surface area contributed by atoms with Crippen molar-refractivity contribution in [3.63, 3.8) is 0 Å². The van der Waals surface area contributed by atoms with Crippen molar-refractivity contribution >= 4 is 23.6 Å². The molecule has 0 saturated carbocycles. The second-order valence-electron chi connectivity index (χ2n) is 6.43. The fourth-order valence-electron chi connectivity index (χ4n) is 2.94. The van der Waals surface area contributed by atoms with Gasteiger partial charge in [-0.25, -0.2) is 9.40 Å². The number of amides is 2. The molecule has 1 heterocycles. The molecule has 0 radical (unpaired) electrons. The summed E-state index contributed by atoms with van der Waals surface area (Å²) in [6.07, 6.45) is 1.51. The average molecular weight is 388 g/mol.